The molecule has 3 fully saturated rings. The molecule has 1 atom stereocenters. The van der Waals surface area contributed by atoms with Crippen molar-refractivity contribution in [3.63, 3.8) is 0 Å². The number of aryl methyl sites for hydroxylation is 1. The third-order valence-electron chi connectivity index (χ3n) is 8.47. The van der Waals surface area contributed by atoms with Crippen LogP contribution in [0.1, 0.15) is 31.2 Å². The fourth-order valence-corrected chi connectivity index (χ4v) is 6.04. The Labute approximate surface area is 234 Å². The zero-order valence-electron chi connectivity index (χ0n) is 23.5. The van der Waals surface area contributed by atoms with Gasteiger partial charge in [0, 0.05) is 43.2 Å². The number of rotatable bonds is 8. The van der Waals surface area contributed by atoms with E-state index in [1.165, 1.54) is 6.42 Å². The minimum Gasteiger partial charge on any atom is -0.496 e. The molecule has 2 aromatic heterocycles. The lowest BCUT2D eigenvalue weighted by molar-refractivity contribution is 0.188. The molecule has 1 unspecified atom stereocenters. The molecule has 3 aliphatic rings. The predicted molar refractivity (Wildman–Crippen MR) is 156 cm³/mol. The quantitative estimate of drug-likeness (QED) is 0.343. The number of methoxy groups -OCH3 is 1. The van der Waals surface area contributed by atoms with Crippen molar-refractivity contribution in [3.05, 3.63) is 30.0 Å². The third kappa shape index (κ3) is 4.58. The lowest BCUT2D eigenvalue weighted by Gasteiger charge is -2.30. The number of H-pyrrole nitrogens is 1. The number of hydrogen-bond donors (Lipinski definition) is 2. The zero-order chi connectivity index (χ0) is 27.2. The van der Waals surface area contributed by atoms with Crippen molar-refractivity contribution < 1.29 is 14.2 Å². The van der Waals surface area contributed by atoms with Crippen molar-refractivity contribution in [3.8, 4) is 28.6 Å². The van der Waals surface area contributed by atoms with Gasteiger partial charge >= 0.3 is 6.01 Å². The summed E-state index contributed by atoms with van der Waals surface area (Å²) in [5.74, 6) is 2.33. The Bertz CT molecular complexity index is 1540. The van der Waals surface area contributed by atoms with Gasteiger partial charge in [0.25, 0.3) is 0 Å². The maximum atomic E-state index is 6.74. The van der Waals surface area contributed by atoms with Crippen LogP contribution >= 0.6 is 0 Å². The minimum atomic E-state index is 0.159. The molecule has 2 aromatic carbocycles. The summed E-state index contributed by atoms with van der Waals surface area (Å²) >= 11 is 0. The van der Waals surface area contributed by atoms with Crippen LogP contribution in [0.15, 0.2) is 24.4 Å². The van der Waals surface area contributed by atoms with Gasteiger partial charge in [-0.05, 0) is 63.9 Å². The number of likely N-dealkylation sites (N-methyl/N-ethyl adjacent to an activating group) is 1. The maximum Gasteiger partial charge on any atom is 0.319 e. The molecular formula is C30H37N7O3. The molecule has 0 spiro atoms. The van der Waals surface area contributed by atoms with Gasteiger partial charge in [0.15, 0.2) is 5.75 Å². The number of ether oxygens (including phenoxy) is 3. The van der Waals surface area contributed by atoms with E-state index in [9.17, 15) is 0 Å². The minimum absolute atomic E-state index is 0.159. The van der Waals surface area contributed by atoms with Gasteiger partial charge in [0.2, 0.25) is 0 Å². The first kappa shape index (κ1) is 25.3. The Hall–Kier alpha value is -3.63. The summed E-state index contributed by atoms with van der Waals surface area (Å²) in [5, 5.41) is 12.9. The van der Waals surface area contributed by atoms with Gasteiger partial charge in [0.05, 0.1) is 35.9 Å². The standard InChI is InChI=1S/C30H37N7O3/c1-18-6-9-23-22(16-32-35-23)25(18)26-24(38-3)15-21-27(28(26)40-20-7-8-20)33-30(39-17-19-5-4-12-36(19)2)34-29(21)37-13-10-31-11-14-37/h6,9,15-16,19-20,31H,4-5,7-8,10-14,17H2,1-3H3,(H,32,35). The first-order valence-corrected chi connectivity index (χ1v) is 14.4. The number of aromatic nitrogens is 4. The molecule has 0 amide bonds. The molecule has 2 aliphatic heterocycles. The average molecular weight is 544 g/mol. The van der Waals surface area contributed by atoms with Crippen molar-refractivity contribution in [2.24, 2.45) is 0 Å². The normalized spacial score (nSPS) is 20.0. The Morgan fingerprint density at radius 3 is 2.62 bits per heavy atom. The van der Waals surface area contributed by atoms with Crippen LogP contribution in [0.4, 0.5) is 5.82 Å². The number of fused-ring (bicyclic) bond motifs is 2. The second-order valence-corrected chi connectivity index (χ2v) is 11.2. The van der Waals surface area contributed by atoms with Crippen LogP contribution in [0, 0.1) is 6.92 Å². The molecule has 4 heterocycles. The summed E-state index contributed by atoms with van der Waals surface area (Å²) in [6.07, 6.45) is 6.41. The molecule has 1 saturated carbocycles. The van der Waals surface area contributed by atoms with E-state index < -0.39 is 0 Å². The number of anilines is 1. The van der Waals surface area contributed by atoms with E-state index in [-0.39, 0.29) is 6.10 Å². The number of likely N-dealkylation sites (tertiary alicyclic amines) is 1. The van der Waals surface area contributed by atoms with Gasteiger partial charge in [0.1, 0.15) is 23.7 Å². The lowest BCUT2D eigenvalue weighted by atomic mass is 9.94. The number of nitrogens with one attached hydrogen (secondary N) is 2. The first-order valence-electron chi connectivity index (χ1n) is 14.4. The molecule has 0 bridgehead atoms. The van der Waals surface area contributed by atoms with Crippen molar-refractivity contribution in [1.82, 2.24) is 30.4 Å². The molecule has 40 heavy (non-hydrogen) atoms. The topological polar surface area (TPSA) is 101 Å². The fourth-order valence-electron chi connectivity index (χ4n) is 6.04. The van der Waals surface area contributed by atoms with E-state index in [2.05, 4.69) is 57.5 Å². The van der Waals surface area contributed by atoms with Gasteiger partial charge < -0.3 is 29.3 Å². The van der Waals surface area contributed by atoms with Crippen molar-refractivity contribution in [2.75, 3.05) is 58.4 Å². The Balaban J connectivity index is 1.46. The maximum absolute atomic E-state index is 6.74. The smallest absolute Gasteiger partial charge is 0.319 e. The number of piperazine rings is 1. The van der Waals surface area contributed by atoms with Crippen LogP contribution in [0.2, 0.25) is 0 Å². The van der Waals surface area contributed by atoms with Crippen LogP contribution in [0.5, 0.6) is 17.5 Å². The highest BCUT2D eigenvalue weighted by molar-refractivity contribution is 6.06. The Morgan fingerprint density at radius 1 is 1.02 bits per heavy atom. The van der Waals surface area contributed by atoms with Crippen molar-refractivity contribution in [2.45, 2.75) is 44.8 Å². The first-order chi connectivity index (χ1) is 19.6. The summed E-state index contributed by atoms with van der Waals surface area (Å²) in [6.45, 7) is 7.29. The summed E-state index contributed by atoms with van der Waals surface area (Å²) < 4.78 is 19.2. The number of nitrogens with zero attached hydrogens (tertiary/aromatic N) is 5. The summed E-state index contributed by atoms with van der Waals surface area (Å²) in [5.41, 5.74) is 4.79. The highest BCUT2D eigenvalue weighted by Gasteiger charge is 2.32. The van der Waals surface area contributed by atoms with Gasteiger partial charge in [-0.3, -0.25) is 5.10 Å². The molecule has 210 valence electrons. The van der Waals surface area contributed by atoms with Crippen molar-refractivity contribution >= 4 is 27.6 Å². The Kier molecular flexibility index (Phi) is 6.59. The molecule has 4 aromatic rings. The van der Waals surface area contributed by atoms with Crippen LogP contribution in [0.25, 0.3) is 32.9 Å². The lowest BCUT2D eigenvalue weighted by Crippen LogP contribution is -2.44. The Morgan fingerprint density at radius 2 is 1.88 bits per heavy atom. The highest BCUT2D eigenvalue weighted by Crippen LogP contribution is 2.50. The van der Waals surface area contributed by atoms with Gasteiger partial charge in [-0.1, -0.05) is 6.07 Å². The SMILES string of the molecule is COc1cc2c(N3CCNCC3)nc(OCC3CCCN3C)nc2c(OC2CC2)c1-c1c(C)ccc2[nH]ncc12. The monoisotopic (exact) mass is 543 g/mol. The second kappa shape index (κ2) is 10.4. The third-order valence-corrected chi connectivity index (χ3v) is 8.47. The molecule has 10 heteroatoms. The van der Waals surface area contributed by atoms with Gasteiger partial charge in [-0.25, -0.2) is 0 Å². The molecule has 7 rings (SSSR count). The molecular weight excluding hydrogens is 506 g/mol. The second-order valence-electron chi connectivity index (χ2n) is 11.2. The van der Waals surface area contributed by atoms with Crippen LogP contribution < -0.4 is 24.4 Å². The number of benzene rings is 2. The molecule has 0 radical (unpaired) electrons. The van der Waals surface area contributed by atoms with Crippen LogP contribution in [-0.2, 0) is 0 Å². The molecule has 2 saturated heterocycles. The predicted octanol–water partition coefficient (Wildman–Crippen LogP) is 3.91. The van der Waals surface area contributed by atoms with Gasteiger partial charge in [-0.2, -0.15) is 15.1 Å². The van der Waals surface area contributed by atoms with E-state index in [0.29, 0.717) is 18.7 Å². The fraction of sp³-hybridized carbons (Fsp3) is 0.500. The van der Waals surface area contributed by atoms with E-state index >= 15 is 0 Å². The average Bonchev–Trinajstić information content (AvgIpc) is 3.50. The zero-order valence-corrected chi connectivity index (χ0v) is 23.5. The van der Waals surface area contributed by atoms with E-state index in [4.69, 9.17) is 24.2 Å². The van der Waals surface area contributed by atoms with E-state index in [1.807, 2.05) is 6.20 Å². The number of hydrogen-bond acceptors (Lipinski definition) is 9. The summed E-state index contributed by atoms with van der Waals surface area (Å²) in [4.78, 5) is 14.7. The highest BCUT2D eigenvalue weighted by atomic mass is 16.5. The molecule has 1 aliphatic carbocycles. The molecule has 2 N–H and O–H groups in total. The summed E-state index contributed by atoms with van der Waals surface area (Å²) in [7, 11) is 3.88. The summed E-state index contributed by atoms with van der Waals surface area (Å²) in [6, 6.07) is 7.02. The van der Waals surface area contributed by atoms with Gasteiger partial charge in [-0.15, -0.1) is 0 Å². The van der Waals surface area contributed by atoms with E-state index in [1.54, 1.807) is 7.11 Å². The van der Waals surface area contributed by atoms with Crippen LogP contribution in [0.3, 0.4) is 0 Å². The van der Waals surface area contributed by atoms with E-state index in [0.717, 1.165) is 108 Å². The number of aromatic amines is 1. The largest absolute Gasteiger partial charge is 0.496 e. The van der Waals surface area contributed by atoms with Crippen LogP contribution in [-0.4, -0.2) is 90.7 Å². The van der Waals surface area contributed by atoms with Crippen molar-refractivity contribution in [1.29, 1.82) is 0 Å². The molecule has 10 nitrogen and oxygen atoms in total.